The molecule has 1 rings (SSSR count). The van der Waals surface area contributed by atoms with Gasteiger partial charge in [0.05, 0.1) is 0 Å². The lowest BCUT2D eigenvalue weighted by Gasteiger charge is -2.28. The van der Waals surface area contributed by atoms with E-state index in [4.69, 9.17) is 21.4 Å². The van der Waals surface area contributed by atoms with Crippen molar-refractivity contribution >= 4 is 25.6 Å². The predicted molar refractivity (Wildman–Crippen MR) is 71.1 cm³/mol. The first-order valence-corrected chi connectivity index (χ1v) is 10.1. The van der Waals surface area contributed by atoms with E-state index in [1.165, 1.54) is 0 Å². The number of hydrogen-bond acceptors (Lipinski definition) is 3. The van der Waals surface area contributed by atoms with E-state index in [2.05, 4.69) is 19.6 Å². The van der Waals surface area contributed by atoms with Crippen LogP contribution in [0.1, 0.15) is 12.8 Å². The minimum absolute atomic E-state index is 0.320. The van der Waals surface area contributed by atoms with Crippen LogP contribution in [0.25, 0.3) is 0 Å². The molecule has 4 nitrogen and oxygen atoms in total. The van der Waals surface area contributed by atoms with Crippen LogP contribution in [0.2, 0.25) is 25.7 Å². The second-order valence-electron chi connectivity index (χ2n) is 5.78. The number of ether oxygens (including phenoxy) is 1. The highest BCUT2D eigenvalue weighted by Gasteiger charge is 2.46. The fourth-order valence-corrected chi connectivity index (χ4v) is 2.83. The Kier molecular flexibility index (Phi) is 5.01. The van der Waals surface area contributed by atoms with E-state index in [-0.39, 0.29) is 0 Å². The molecule has 1 fully saturated rings. The second-order valence-corrected chi connectivity index (χ2v) is 12.0. The molecule has 0 spiro atoms. The monoisotopic (exact) mass is 279 g/mol. The Morgan fingerprint density at radius 2 is 2.18 bits per heavy atom. The number of hydrogen-bond donors (Lipinski definition) is 1. The molecule has 0 saturated carbocycles. The Morgan fingerprint density at radius 1 is 1.53 bits per heavy atom. The lowest BCUT2D eigenvalue weighted by Crippen LogP contribution is -2.46. The number of likely N-dealkylation sites (tertiary alicyclic amines) is 1. The van der Waals surface area contributed by atoms with Crippen molar-refractivity contribution in [2.75, 3.05) is 19.9 Å². The first kappa shape index (κ1) is 15.0. The summed E-state index contributed by atoms with van der Waals surface area (Å²) in [6.45, 7) is 8.57. The number of carbonyl (C=O) groups is 1. The van der Waals surface area contributed by atoms with Gasteiger partial charge in [0.25, 0.3) is 0 Å². The summed E-state index contributed by atoms with van der Waals surface area (Å²) >= 11 is 6.10. The Labute approximate surface area is 109 Å². The molecule has 1 atom stereocenters. The summed E-state index contributed by atoms with van der Waals surface area (Å²) in [4.78, 5) is 11.6. The van der Waals surface area contributed by atoms with E-state index in [1.54, 1.807) is 4.90 Å². The molecule has 0 radical (unpaired) electrons. The van der Waals surface area contributed by atoms with E-state index in [9.17, 15) is 4.79 Å². The number of halogens is 1. The molecule has 17 heavy (non-hydrogen) atoms. The number of carboxylic acids is 1. The first-order valence-electron chi connectivity index (χ1n) is 6.01. The topological polar surface area (TPSA) is 49.8 Å². The summed E-state index contributed by atoms with van der Waals surface area (Å²) in [6.07, 6.45) is 1.30. The van der Waals surface area contributed by atoms with Gasteiger partial charge in [0.15, 0.2) is 5.00 Å². The van der Waals surface area contributed by atoms with Crippen LogP contribution >= 0.6 is 11.6 Å². The molecule has 0 aromatic rings. The zero-order valence-electron chi connectivity index (χ0n) is 10.8. The van der Waals surface area contributed by atoms with Gasteiger partial charge in [0.2, 0.25) is 0 Å². The molecular weight excluding hydrogens is 258 g/mol. The highest BCUT2D eigenvalue weighted by atomic mass is 35.5. The van der Waals surface area contributed by atoms with Gasteiger partial charge < -0.3 is 9.84 Å². The van der Waals surface area contributed by atoms with Gasteiger partial charge in [-0.1, -0.05) is 31.2 Å². The maximum Gasteiger partial charge on any atom is 0.339 e. The summed E-state index contributed by atoms with van der Waals surface area (Å²) in [6, 6.07) is 1.09. The largest absolute Gasteiger partial charge is 0.479 e. The van der Waals surface area contributed by atoms with Crippen LogP contribution in [0.15, 0.2) is 0 Å². The molecule has 0 aromatic carbocycles. The fourth-order valence-electron chi connectivity index (χ4n) is 1.80. The zero-order valence-corrected chi connectivity index (χ0v) is 12.6. The van der Waals surface area contributed by atoms with E-state index in [0.29, 0.717) is 26.3 Å². The minimum Gasteiger partial charge on any atom is -0.479 e. The van der Waals surface area contributed by atoms with Crippen molar-refractivity contribution in [2.45, 2.75) is 43.5 Å². The van der Waals surface area contributed by atoms with Crippen molar-refractivity contribution in [2.24, 2.45) is 0 Å². The summed E-state index contributed by atoms with van der Waals surface area (Å²) in [5, 5.41) is 9.11. The van der Waals surface area contributed by atoms with Crippen molar-refractivity contribution in [3.63, 3.8) is 0 Å². The average molecular weight is 280 g/mol. The van der Waals surface area contributed by atoms with E-state index in [0.717, 1.165) is 12.5 Å². The lowest BCUT2D eigenvalue weighted by atomic mass is 10.2. The van der Waals surface area contributed by atoms with Crippen molar-refractivity contribution in [1.29, 1.82) is 0 Å². The van der Waals surface area contributed by atoms with Gasteiger partial charge in [-0.3, -0.25) is 4.90 Å². The van der Waals surface area contributed by atoms with Gasteiger partial charge in [0.1, 0.15) is 6.73 Å². The molecule has 1 heterocycles. The van der Waals surface area contributed by atoms with Crippen LogP contribution in [0.4, 0.5) is 0 Å². The maximum atomic E-state index is 11.1. The molecule has 0 aromatic heterocycles. The summed E-state index contributed by atoms with van der Waals surface area (Å²) in [7, 11) is -1.08. The number of rotatable bonds is 6. The van der Waals surface area contributed by atoms with Crippen LogP contribution in [-0.4, -0.2) is 48.9 Å². The molecule has 0 aliphatic carbocycles. The SMILES string of the molecule is C[Si](C)(C)CCOCN1CCCC1(Cl)C(=O)O. The number of alkyl halides is 1. The van der Waals surface area contributed by atoms with E-state index in [1.807, 2.05) is 0 Å². The minimum atomic E-state index is -1.25. The van der Waals surface area contributed by atoms with Crippen LogP contribution in [0.3, 0.4) is 0 Å². The molecule has 0 amide bonds. The van der Waals surface area contributed by atoms with Crippen molar-refractivity contribution < 1.29 is 14.6 Å². The Morgan fingerprint density at radius 3 is 2.71 bits per heavy atom. The maximum absolute atomic E-state index is 11.1. The summed E-state index contributed by atoms with van der Waals surface area (Å²) < 4.78 is 5.55. The van der Waals surface area contributed by atoms with Crippen LogP contribution in [0.5, 0.6) is 0 Å². The van der Waals surface area contributed by atoms with Gasteiger partial charge in [-0.15, -0.1) is 0 Å². The van der Waals surface area contributed by atoms with E-state index >= 15 is 0 Å². The standard InChI is InChI=1S/C11H22ClNO3Si/c1-17(2,3)8-7-16-9-13-6-4-5-11(13,12)10(14)15/h4-9H2,1-3H3,(H,14,15). The molecule has 1 aliphatic heterocycles. The smallest absolute Gasteiger partial charge is 0.339 e. The van der Waals surface area contributed by atoms with Gasteiger partial charge in [-0.05, 0) is 18.9 Å². The Hall–Kier alpha value is -0.103. The first-order chi connectivity index (χ1) is 7.76. The van der Waals surface area contributed by atoms with Crippen LogP contribution in [-0.2, 0) is 9.53 Å². The quantitative estimate of drug-likeness (QED) is 0.351. The number of nitrogens with zero attached hydrogens (tertiary/aromatic N) is 1. The number of aliphatic carboxylic acids is 1. The molecule has 6 heteroatoms. The third kappa shape index (κ3) is 4.24. The molecule has 0 bridgehead atoms. The average Bonchev–Trinajstić information content (AvgIpc) is 2.55. The van der Waals surface area contributed by atoms with Gasteiger partial charge in [-0.25, -0.2) is 4.79 Å². The third-order valence-electron chi connectivity index (χ3n) is 3.01. The van der Waals surface area contributed by atoms with Crippen LogP contribution < -0.4 is 0 Å². The normalized spacial score (nSPS) is 26.4. The highest BCUT2D eigenvalue weighted by molar-refractivity contribution is 6.76. The predicted octanol–water partition coefficient (Wildman–Crippen LogP) is 2.41. The van der Waals surface area contributed by atoms with Gasteiger partial charge in [-0.2, -0.15) is 0 Å². The third-order valence-corrected chi connectivity index (χ3v) is 5.30. The highest BCUT2D eigenvalue weighted by Crippen LogP contribution is 2.33. The molecule has 100 valence electrons. The molecular formula is C11H22ClNO3Si. The zero-order chi connectivity index (χ0) is 13.1. The summed E-state index contributed by atoms with van der Waals surface area (Å²) in [5.74, 6) is -0.967. The van der Waals surface area contributed by atoms with Crippen molar-refractivity contribution in [3.05, 3.63) is 0 Å². The lowest BCUT2D eigenvalue weighted by molar-refractivity contribution is -0.147. The Bertz CT molecular complexity index is 282. The molecule has 1 N–H and O–H groups in total. The number of carboxylic acid groups (broad SMARTS) is 1. The van der Waals surface area contributed by atoms with Crippen molar-refractivity contribution in [1.82, 2.24) is 4.90 Å². The molecule has 1 saturated heterocycles. The van der Waals surface area contributed by atoms with Gasteiger partial charge >= 0.3 is 5.97 Å². The summed E-state index contributed by atoms with van der Waals surface area (Å²) in [5.41, 5.74) is 0. The second kappa shape index (κ2) is 5.69. The molecule has 1 aliphatic rings. The van der Waals surface area contributed by atoms with E-state index < -0.39 is 19.0 Å². The Balaban J connectivity index is 2.34. The van der Waals surface area contributed by atoms with Gasteiger partial charge in [0, 0.05) is 21.2 Å². The van der Waals surface area contributed by atoms with Crippen molar-refractivity contribution in [3.8, 4) is 0 Å². The fraction of sp³-hybridized carbons (Fsp3) is 0.909. The molecule has 1 unspecified atom stereocenters. The van der Waals surface area contributed by atoms with Crippen LogP contribution in [0, 0.1) is 0 Å².